The van der Waals surface area contributed by atoms with E-state index >= 15 is 0 Å². The molecule has 0 aliphatic carbocycles. The van der Waals surface area contributed by atoms with Gasteiger partial charge in [-0.1, -0.05) is 0 Å². The van der Waals surface area contributed by atoms with Crippen LogP contribution in [0.25, 0.3) is 10.2 Å². The van der Waals surface area contributed by atoms with Crippen LogP contribution in [0, 0.1) is 6.92 Å². The summed E-state index contributed by atoms with van der Waals surface area (Å²) >= 11 is 0.800. The van der Waals surface area contributed by atoms with E-state index in [1.165, 1.54) is 13.0 Å². The third-order valence-corrected chi connectivity index (χ3v) is 4.22. The molecule has 2 heterocycles. The molecular weight excluding hydrogens is 321 g/mol. The highest BCUT2D eigenvalue weighted by molar-refractivity contribution is 7.20. The summed E-state index contributed by atoms with van der Waals surface area (Å²) in [4.78, 5) is 26.5. The molecular formula is C13H11F3N2O3S. The van der Waals surface area contributed by atoms with Crippen molar-refractivity contribution in [2.45, 2.75) is 26.1 Å². The Hall–Kier alpha value is -2.16. The van der Waals surface area contributed by atoms with E-state index in [4.69, 9.17) is 5.11 Å². The van der Waals surface area contributed by atoms with Crippen molar-refractivity contribution >= 4 is 33.4 Å². The SMILES string of the molecule is Cc1c(C(=O)N[C@@H](C)C(=O)O)sc2nc(C(F)(F)F)ccc12. The van der Waals surface area contributed by atoms with Crippen molar-refractivity contribution in [2.24, 2.45) is 0 Å². The Balaban J connectivity index is 2.42. The number of carbonyl (C=O) groups excluding carboxylic acids is 1. The lowest BCUT2D eigenvalue weighted by atomic mass is 10.1. The van der Waals surface area contributed by atoms with E-state index in [-0.39, 0.29) is 9.71 Å². The molecule has 0 fully saturated rings. The van der Waals surface area contributed by atoms with Crippen LogP contribution in [-0.4, -0.2) is 28.0 Å². The van der Waals surface area contributed by atoms with Crippen LogP contribution in [0.15, 0.2) is 12.1 Å². The Bertz CT molecular complexity index is 755. The maximum absolute atomic E-state index is 12.6. The molecule has 0 bridgehead atoms. The number of nitrogens with one attached hydrogen (secondary N) is 1. The van der Waals surface area contributed by atoms with E-state index in [1.807, 2.05) is 0 Å². The lowest BCUT2D eigenvalue weighted by molar-refractivity contribution is -0.141. The summed E-state index contributed by atoms with van der Waals surface area (Å²) in [5.41, 5.74) is -0.566. The third kappa shape index (κ3) is 3.03. The fourth-order valence-corrected chi connectivity index (χ4v) is 2.88. The zero-order chi connectivity index (χ0) is 16.7. The second-order valence-electron chi connectivity index (χ2n) is 4.64. The summed E-state index contributed by atoms with van der Waals surface area (Å²) in [5.74, 6) is -1.85. The van der Waals surface area contributed by atoms with Crippen LogP contribution in [0.3, 0.4) is 0 Å². The van der Waals surface area contributed by atoms with Crippen LogP contribution < -0.4 is 5.32 Å². The molecule has 2 aromatic rings. The monoisotopic (exact) mass is 332 g/mol. The number of rotatable bonds is 3. The number of alkyl halides is 3. The highest BCUT2D eigenvalue weighted by atomic mass is 32.1. The molecule has 0 aromatic carbocycles. The number of fused-ring (bicyclic) bond motifs is 1. The Labute approximate surface area is 126 Å². The fourth-order valence-electron chi connectivity index (χ4n) is 1.80. The minimum absolute atomic E-state index is 0.0838. The van der Waals surface area contributed by atoms with E-state index < -0.39 is 29.8 Å². The maximum Gasteiger partial charge on any atom is 0.433 e. The summed E-state index contributed by atoms with van der Waals surface area (Å²) in [6.07, 6.45) is -4.56. The number of aromatic nitrogens is 1. The van der Waals surface area contributed by atoms with E-state index in [1.54, 1.807) is 6.92 Å². The van der Waals surface area contributed by atoms with Gasteiger partial charge in [0, 0.05) is 5.39 Å². The van der Waals surface area contributed by atoms with Gasteiger partial charge in [-0.3, -0.25) is 9.59 Å². The van der Waals surface area contributed by atoms with Gasteiger partial charge in [-0.05, 0) is 31.5 Å². The lowest BCUT2D eigenvalue weighted by Crippen LogP contribution is -2.38. The van der Waals surface area contributed by atoms with Gasteiger partial charge < -0.3 is 10.4 Å². The molecule has 5 nitrogen and oxygen atoms in total. The van der Waals surface area contributed by atoms with Gasteiger partial charge in [-0.15, -0.1) is 11.3 Å². The zero-order valence-corrected chi connectivity index (χ0v) is 12.3. The standard InChI is InChI=1S/C13H11F3N2O3S/c1-5-7-3-4-8(13(14,15)16)18-11(7)22-9(5)10(19)17-6(2)12(20)21/h3-4,6H,1-2H3,(H,17,19)(H,20,21)/t6-/m0/s1. The molecule has 2 aromatic heterocycles. The summed E-state index contributed by atoms with van der Waals surface area (Å²) < 4.78 is 37.9. The number of hydrogen-bond donors (Lipinski definition) is 2. The van der Waals surface area contributed by atoms with Crippen molar-refractivity contribution in [1.82, 2.24) is 10.3 Å². The Morgan fingerprint density at radius 1 is 1.36 bits per heavy atom. The molecule has 2 N–H and O–H groups in total. The minimum Gasteiger partial charge on any atom is -0.480 e. The molecule has 0 unspecified atom stereocenters. The van der Waals surface area contributed by atoms with Crippen LogP contribution >= 0.6 is 11.3 Å². The summed E-state index contributed by atoms with van der Waals surface area (Å²) in [6.45, 7) is 2.87. The smallest absolute Gasteiger partial charge is 0.433 e. The largest absolute Gasteiger partial charge is 0.480 e. The number of carbonyl (C=O) groups is 2. The van der Waals surface area contributed by atoms with Crippen molar-refractivity contribution < 1.29 is 27.9 Å². The summed E-state index contributed by atoms with van der Waals surface area (Å²) in [5, 5.41) is 11.5. The quantitative estimate of drug-likeness (QED) is 0.906. The molecule has 9 heteroatoms. The molecule has 0 spiro atoms. The first-order valence-corrected chi connectivity index (χ1v) is 6.94. The van der Waals surface area contributed by atoms with Gasteiger partial charge in [-0.2, -0.15) is 13.2 Å². The molecule has 0 aliphatic heterocycles. The normalized spacial score (nSPS) is 13.1. The van der Waals surface area contributed by atoms with Crippen LogP contribution in [0.1, 0.15) is 27.9 Å². The topological polar surface area (TPSA) is 79.3 Å². The number of aliphatic carboxylic acids is 1. The molecule has 118 valence electrons. The van der Waals surface area contributed by atoms with Gasteiger partial charge in [0.1, 0.15) is 16.6 Å². The number of carboxylic acid groups (broad SMARTS) is 1. The fraction of sp³-hybridized carbons (Fsp3) is 0.308. The highest BCUT2D eigenvalue weighted by Gasteiger charge is 2.33. The van der Waals surface area contributed by atoms with Crippen LogP contribution in [0.4, 0.5) is 13.2 Å². The number of nitrogens with zero attached hydrogens (tertiary/aromatic N) is 1. The van der Waals surface area contributed by atoms with E-state index in [2.05, 4.69) is 10.3 Å². The molecule has 0 saturated heterocycles. The number of aryl methyl sites for hydroxylation is 1. The first-order valence-electron chi connectivity index (χ1n) is 6.12. The predicted octanol–water partition coefficient (Wildman–Crippen LogP) is 2.83. The van der Waals surface area contributed by atoms with Gasteiger partial charge in [-0.25, -0.2) is 4.98 Å². The van der Waals surface area contributed by atoms with Gasteiger partial charge in [0.25, 0.3) is 5.91 Å². The first-order chi connectivity index (χ1) is 10.1. The van der Waals surface area contributed by atoms with E-state index in [9.17, 15) is 22.8 Å². The maximum atomic E-state index is 12.6. The van der Waals surface area contributed by atoms with Crippen LogP contribution in [0.5, 0.6) is 0 Å². The molecule has 1 amide bonds. The molecule has 0 radical (unpaired) electrons. The third-order valence-electron chi connectivity index (χ3n) is 3.02. The number of carboxylic acids is 1. The van der Waals surface area contributed by atoms with Gasteiger partial charge in [0.15, 0.2) is 0 Å². The number of hydrogen-bond acceptors (Lipinski definition) is 4. The van der Waals surface area contributed by atoms with Crippen LogP contribution in [-0.2, 0) is 11.0 Å². The summed E-state index contributed by atoms with van der Waals surface area (Å²) in [6, 6.07) is 1.01. The van der Waals surface area contributed by atoms with E-state index in [0.717, 1.165) is 17.4 Å². The first kappa shape index (κ1) is 16.2. The number of amides is 1. The minimum atomic E-state index is -4.56. The molecule has 22 heavy (non-hydrogen) atoms. The highest BCUT2D eigenvalue weighted by Crippen LogP contribution is 2.34. The molecule has 0 aliphatic rings. The zero-order valence-electron chi connectivity index (χ0n) is 11.5. The van der Waals surface area contributed by atoms with Gasteiger partial charge in [0.2, 0.25) is 0 Å². The molecule has 0 saturated carbocycles. The number of pyridine rings is 1. The average Bonchev–Trinajstić information content (AvgIpc) is 2.74. The second kappa shape index (κ2) is 5.56. The van der Waals surface area contributed by atoms with Gasteiger partial charge >= 0.3 is 12.1 Å². The molecule has 2 rings (SSSR count). The summed E-state index contributed by atoms with van der Waals surface area (Å²) in [7, 11) is 0. The van der Waals surface area contributed by atoms with Crippen molar-refractivity contribution in [3.8, 4) is 0 Å². The molecule has 1 atom stereocenters. The van der Waals surface area contributed by atoms with Gasteiger partial charge in [0.05, 0.1) is 4.88 Å². The Morgan fingerprint density at radius 3 is 2.55 bits per heavy atom. The van der Waals surface area contributed by atoms with Crippen molar-refractivity contribution in [2.75, 3.05) is 0 Å². The van der Waals surface area contributed by atoms with E-state index in [0.29, 0.717) is 10.9 Å². The van der Waals surface area contributed by atoms with Crippen LogP contribution in [0.2, 0.25) is 0 Å². The van der Waals surface area contributed by atoms with Crippen molar-refractivity contribution in [1.29, 1.82) is 0 Å². The average molecular weight is 332 g/mol. The predicted molar refractivity (Wildman–Crippen MR) is 73.9 cm³/mol. The number of halogens is 3. The lowest BCUT2D eigenvalue weighted by Gasteiger charge is -2.08. The Kier molecular flexibility index (Phi) is 4.10. The second-order valence-corrected chi connectivity index (χ2v) is 5.64. The Morgan fingerprint density at radius 2 is 2.00 bits per heavy atom. The number of thiophene rings is 1. The van der Waals surface area contributed by atoms with Crippen molar-refractivity contribution in [3.05, 3.63) is 28.3 Å². The van der Waals surface area contributed by atoms with Crippen molar-refractivity contribution in [3.63, 3.8) is 0 Å².